The summed E-state index contributed by atoms with van der Waals surface area (Å²) in [7, 11) is 3.05. The third kappa shape index (κ3) is 4.29. The van der Waals surface area contributed by atoms with E-state index in [2.05, 4.69) is 10.3 Å². The Morgan fingerprint density at radius 2 is 1.82 bits per heavy atom. The van der Waals surface area contributed by atoms with Crippen LogP contribution in [-0.2, 0) is 14.2 Å². The second-order valence-corrected chi connectivity index (χ2v) is 8.91. The number of hydrogen-bond acceptors (Lipinski definition) is 10. The van der Waals surface area contributed by atoms with Crippen LogP contribution in [0.5, 0.6) is 0 Å². The van der Waals surface area contributed by atoms with Gasteiger partial charge >= 0.3 is 0 Å². The predicted octanol–water partition coefficient (Wildman–Crippen LogP) is 4.42. The molecule has 4 rings (SSSR count). The summed E-state index contributed by atoms with van der Waals surface area (Å²) in [6.07, 6.45) is 6.66. The lowest BCUT2D eigenvalue weighted by atomic mass is 9.88. The van der Waals surface area contributed by atoms with E-state index in [1.807, 2.05) is 6.07 Å². The first kappa shape index (κ1) is 23.5. The summed E-state index contributed by atoms with van der Waals surface area (Å²) in [5, 5.41) is 26.8. The van der Waals surface area contributed by atoms with E-state index in [9.17, 15) is 20.2 Å². The molecule has 11 nitrogen and oxygen atoms in total. The van der Waals surface area contributed by atoms with Gasteiger partial charge in [0.2, 0.25) is 0 Å². The number of nitrogens with one attached hydrogen (secondary N) is 1. The highest BCUT2D eigenvalue weighted by atomic mass is 32.2. The van der Waals surface area contributed by atoms with E-state index in [1.54, 1.807) is 30.5 Å². The Kier molecular flexibility index (Phi) is 6.44. The molecule has 0 atom stereocenters. The fourth-order valence-electron chi connectivity index (χ4n) is 4.10. The largest absolute Gasteiger partial charge is 0.498 e. The van der Waals surface area contributed by atoms with Crippen LogP contribution in [0.3, 0.4) is 0 Å². The molecular weight excluding hydrogens is 464 g/mol. The van der Waals surface area contributed by atoms with Gasteiger partial charge in [-0.05, 0) is 43.2 Å². The highest BCUT2D eigenvalue weighted by molar-refractivity contribution is 8.01. The third-order valence-corrected chi connectivity index (χ3v) is 6.70. The van der Waals surface area contributed by atoms with Gasteiger partial charge in [-0.25, -0.2) is 4.98 Å². The molecule has 1 aromatic heterocycles. The van der Waals surface area contributed by atoms with Crippen LogP contribution in [0, 0.1) is 20.2 Å². The number of thioether (sulfide) groups is 1. The van der Waals surface area contributed by atoms with Crippen LogP contribution in [0.4, 0.5) is 17.1 Å². The quantitative estimate of drug-likeness (QED) is 0.324. The molecule has 0 radical (unpaired) electrons. The molecule has 2 aliphatic rings. The number of nitro groups is 2. The van der Waals surface area contributed by atoms with E-state index in [0.29, 0.717) is 29.6 Å². The lowest BCUT2D eigenvalue weighted by molar-refractivity contribution is -0.393. The average Bonchev–Trinajstić information content (AvgIpc) is 3.31. The van der Waals surface area contributed by atoms with Crippen molar-refractivity contribution in [2.45, 2.75) is 28.3 Å². The Bertz CT molecular complexity index is 1140. The summed E-state index contributed by atoms with van der Waals surface area (Å²) in [6, 6.07) is 8.85. The molecule has 2 heterocycles. The Balaban J connectivity index is 1.86. The number of nitrogens with zero attached hydrogens (tertiary/aromatic N) is 3. The second kappa shape index (κ2) is 9.31. The van der Waals surface area contributed by atoms with Crippen molar-refractivity contribution >= 4 is 28.8 Å². The summed E-state index contributed by atoms with van der Waals surface area (Å²) in [5.74, 6) is 0.981. The minimum Gasteiger partial charge on any atom is -0.498 e. The number of anilines is 1. The Morgan fingerprint density at radius 1 is 1.09 bits per heavy atom. The molecule has 0 bridgehead atoms. The zero-order valence-electron chi connectivity index (χ0n) is 18.4. The first-order chi connectivity index (χ1) is 16.3. The van der Waals surface area contributed by atoms with Crippen molar-refractivity contribution in [2.75, 3.05) is 26.1 Å². The number of ether oxygens (including phenoxy) is 3. The summed E-state index contributed by atoms with van der Waals surface area (Å²) >= 11 is 1.27. The Hall–Kier alpha value is -3.64. The van der Waals surface area contributed by atoms with E-state index in [4.69, 9.17) is 14.2 Å². The lowest BCUT2D eigenvalue weighted by Crippen LogP contribution is -2.44. The molecule has 0 unspecified atom stereocenters. The van der Waals surface area contributed by atoms with Crippen LogP contribution in [0.25, 0.3) is 0 Å². The molecule has 12 heteroatoms. The van der Waals surface area contributed by atoms with Crippen molar-refractivity contribution < 1.29 is 24.1 Å². The number of benzene rings is 1. The molecule has 34 heavy (non-hydrogen) atoms. The number of non-ortho nitro benzene ring substituents is 1. The van der Waals surface area contributed by atoms with Gasteiger partial charge in [0.25, 0.3) is 11.4 Å². The number of pyridine rings is 1. The zero-order chi connectivity index (χ0) is 24.3. The number of hydrogen-bond donors (Lipinski definition) is 1. The molecule has 0 saturated carbocycles. The standard InChI is InChI=1S/C22H22N4O7S/c1-31-18-13-21(34-20-6-3-4-10-23-20,14-19(32-2)22(18)9-5-11-33-22)24-16-8-7-15(25(27)28)12-17(16)26(29)30/h3-4,6-8,10,12-14,24H,5,9,11H2,1-2H3. The van der Waals surface area contributed by atoms with Gasteiger partial charge < -0.3 is 19.5 Å². The topological polar surface area (TPSA) is 139 Å². The van der Waals surface area contributed by atoms with Crippen molar-refractivity contribution in [1.29, 1.82) is 0 Å². The molecule has 1 saturated heterocycles. The summed E-state index contributed by atoms with van der Waals surface area (Å²) in [5.41, 5.74) is -1.62. The van der Waals surface area contributed by atoms with Gasteiger partial charge in [-0.2, -0.15) is 0 Å². The molecule has 0 amide bonds. The van der Waals surface area contributed by atoms with Crippen LogP contribution in [0.15, 0.2) is 71.3 Å². The van der Waals surface area contributed by atoms with Crippen molar-refractivity contribution in [3.63, 3.8) is 0 Å². The van der Waals surface area contributed by atoms with Crippen LogP contribution in [0.2, 0.25) is 0 Å². The van der Waals surface area contributed by atoms with Gasteiger partial charge in [-0.3, -0.25) is 20.2 Å². The molecular formula is C22H22N4O7S. The highest BCUT2D eigenvalue weighted by Gasteiger charge is 2.51. The maximum Gasteiger partial charge on any atom is 0.299 e. The van der Waals surface area contributed by atoms with Crippen molar-refractivity contribution in [2.24, 2.45) is 0 Å². The predicted molar refractivity (Wildman–Crippen MR) is 124 cm³/mol. The van der Waals surface area contributed by atoms with E-state index in [1.165, 1.54) is 38.1 Å². The minimum atomic E-state index is -1.15. The smallest absolute Gasteiger partial charge is 0.299 e. The third-order valence-electron chi connectivity index (χ3n) is 5.58. The van der Waals surface area contributed by atoms with Crippen LogP contribution in [-0.4, -0.2) is 46.1 Å². The molecule has 1 fully saturated rings. The van der Waals surface area contributed by atoms with Crippen LogP contribution < -0.4 is 5.32 Å². The van der Waals surface area contributed by atoms with Crippen LogP contribution >= 0.6 is 11.8 Å². The van der Waals surface area contributed by atoms with Gasteiger partial charge in [-0.1, -0.05) is 17.8 Å². The number of nitro benzene ring substituents is 2. The summed E-state index contributed by atoms with van der Waals surface area (Å²) in [6.45, 7) is 0.531. The summed E-state index contributed by atoms with van der Waals surface area (Å²) in [4.78, 5) is 24.8. The first-order valence-corrected chi connectivity index (χ1v) is 11.1. The average molecular weight is 487 g/mol. The number of aromatic nitrogens is 1. The van der Waals surface area contributed by atoms with E-state index >= 15 is 0 Å². The fourth-order valence-corrected chi connectivity index (χ4v) is 5.20. The van der Waals surface area contributed by atoms with Gasteiger partial charge in [0, 0.05) is 18.9 Å². The SMILES string of the molecule is COC1=CC(Nc2ccc([N+](=O)[O-])cc2[N+](=O)[O-])(Sc2ccccn2)C=C(OC)C12CCCO2. The van der Waals surface area contributed by atoms with Gasteiger partial charge in [0.15, 0.2) is 5.60 Å². The normalized spacial score (nSPS) is 23.7. The van der Waals surface area contributed by atoms with Crippen molar-refractivity contribution in [3.05, 3.63) is 86.5 Å². The van der Waals surface area contributed by atoms with Crippen molar-refractivity contribution in [3.8, 4) is 0 Å². The zero-order valence-corrected chi connectivity index (χ0v) is 19.2. The molecule has 1 aliphatic heterocycles. The van der Waals surface area contributed by atoms with E-state index in [0.717, 1.165) is 12.5 Å². The molecule has 1 aliphatic carbocycles. The fraction of sp³-hybridized carbons (Fsp3) is 0.318. The molecule has 1 N–H and O–H groups in total. The first-order valence-electron chi connectivity index (χ1n) is 10.3. The lowest BCUT2D eigenvalue weighted by Gasteiger charge is -2.40. The van der Waals surface area contributed by atoms with E-state index in [-0.39, 0.29) is 11.4 Å². The molecule has 1 aromatic carbocycles. The highest BCUT2D eigenvalue weighted by Crippen LogP contribution is 2.49. The molecule has 2 aromatic rings. The van der Waals surface area contributed by atoms with E-state index < -0.39 is 26.0 Å². The Labute approximate surface area is 199 Å². The minimum absolute atomic E-state index is 0.0840. The van der Waals surface area contributed by atoms with Gasteiger partial charge in [-0.15, -0.1) is 0 Å². The summed E-state index contributed by atoms with van der Waals surface area (Å²) < 4.78 is 17.5. The van der Waals surface area contributed by atoms with Crippen LogP contribution in [0.1, 0.15) is 12.8 Å². The van der Waals surface area contributed by atoms with Gasteiger partial charge in [0.1, 0.15) is 22.1 Å². The molecule has 1 spiro atoms. The van der Waals surface area contributed by atoms with Crippen molar-refractivity contribution in [1.82, 2.24) is 4.98 Å². The number of rotatable bonds is 8. The second-order valence-electron chi connectivity index (χ2n) is 7.61. The monoisotopic (exact) mass is 486 g/mol. The number of methoxy groups -OCH3 is 2. The maximum atomic E-state index is 11.8. The Morgan fingerprint density at radius 3 is 2.35 bits per heavy atom. The van der Waals surface area contributed by atoms with Gasteiger partial charge in [0.05, 0.1) is 35.2 Å². The maximum absolute atomic E-state index is 11.8. The molecule has 178 valence electrons.